The van der Waals surface area contributed by atoms with Crippen LogP contribution in [-0.4, -0.2) is 45.5 Å². The first-order valence-electron chi connectivity index (χ1n) is 8.17. The highest BCUT2D eigenvalue weighted by Gasteiger charge is 2.30. The van der Waals surface area contributed by atoms with Gasteiger partial charge in [-0.15, -0.1) is 0 Å². The minimum absolute atomic E-state index is 0.0431. The summed E-state index contributed by atoms with van der Waals surface area (Å²) in [6.45, 7) is 3.28. The summed E-state index contributed by atoms with van der Waals surface area (Å²) >= 11 is 0. The molecule has 126 valence electrons. The van der Waals surface area contributed by atoms with Crippen molar-refractivity contribution in [1.82, 2.24) is 25.3 Å². The number of nitriles is 1. The first-order valence-corrected chi connectivity index (χ1v) is 8.17. The van der Waals surface area contributed by atoms with Crippen LogP contribution >= 0.6 is 0 Å². The summed E-state index contributed by atoms with van der Waals surface area (Å²) in [4.78, 5) is 30.9. The highest BCUT2D eigenvalue weighted by atomic mass is 16.1. The third kappa shape index (κ3) is 2.63. The summed E-state index contributed by atoms with van der Waals surface area (Å²) in [6, 6.07) is 3.87. The smallest absolute Gasteiger partial charge is 0.225 e. The third-order valence-corrected chi connectivity index (χ3v) is 4.55. The quantitative estimate of drug-likeness (QED) is 0.698. The zero-order chi connectivity index (χ0) is 17.4. The summed E-state index contributed by atoms with van der Waals surface area (Å²) in [6.07, 6.45) is 4.25. The Bertz CT molecular complexity index is 1000. The van der Waals surface area contributed by atoms with Crippen LogP contribution in [-0.2, 0) is 4.79 Å². The lowest BCUT2D eigenvalue weighted by molar-refractivity contribution is -0.124. The van der Waals surface area contributed by atoms with Crippen LogP contribution in [0.1, 0.15) is 12.2 Å². The van der Waals surface area contributed by atoms with Gasteiger partial charge in [-0.3, -0.25) is 4.79 Å². The number of anilines is 1. The van der Waals surface area contributed by atoms with Gasteiger partial charge < -0.3 is 15.2 Å². The van der Waals surface area contributed by atoms with E-state index in [1.54, 1.807) is 12.4 Å². The van der Waals surface area contributed by atoms with Crippen molar-refractivity contribution in [1.29, 1.82) is 5.26 Å². The summed E-state index contributed by atoms with van der Waals surface area (Å²) in [5.74, 6) is 1.43. The predicted octanol–water partition coefficient (Wildman–Crippen LogP) is 1.28. The molecule has 1 atom stereocenters. The first-order chi connectivity index (χ1) is 12.2. The Labute approximate surface area is 143 Å². The van der Waals surface area contributed by atoms with E-state index in [0.29, 0.717) is 12.2 Å². The molecule has 1 fully saturated rings. The maximum absolute atomic E-state index is 12.1. The number of rotatable bonds is 3. The highest BCUT2D eigenvalue weighted by molar-refractivity contribution is 6.09. The molecule has 4 heterocycles. The van der Waals surface area contributed by atoms with Crippen LogP contribution in [0.2, 0.25) is 0 Å². The number of nitrogens with zero attached hydrogens (tertiary/aromatic N) is 5. The molecule has 2 N–H and O–H groups in total. The van der Waals surface area contributed by atoms with Gasteiger partial charge in [0.2, 0.25) is 5.91 Å². The lowest BCUT2D eigenvalue weighted by Crippen LogP contribution is -2.33. The second-order valence-electron chi connectivity index (χ2n) is 6.18. The van der Waals surface area contributed by atoms with Crippen LogP contribution in [0.5, 0.6) is 0 Å². The van der Waals surface area contributed by atoms with Crippen molar-refractivity contribution in [3.63, 3.8) is 0 Å². The second-order valence-corrected chi connectivity index (χ2v) is 6.18. The van der Waals surface area contributed by atoms with Crippen molar-refractivity contribution in [3.8, 4) is 6.07 Å². The fourth-order valence-electron chi connectivity index (χ4n) is 3.40. The lowest BCUT2D eigenvalue weighted by Gasteiger charge is -2.20. The SMILES string of the molecule is Cc1nc(N2CCC(C(=O)NCC#N)C2)c2c(cnc3nccc32)[nH]1. The van der Waals surface area contributed by atoms with Crippen LogP contribution in [0.3, 0.4) is 0 Å². The number of nitrogens with one attached hydrogen (secondary N) is 2. The predicted molar refractivity (Wildman–Crippen MR) is 92.9 cm³/mol. The molecule has 0 spiro atoms. The van der Waals surface area contributed by atoms with E-state index >= 15 is 0 Å². The van der Waals surface area contributed by atoms with Crippen LogP contribution in [0.15, 0.2) is 18.5 Å². The van der Waals surface area contributed by atoms with E-state index in [0.717, 1.165) is 40.9 Å². The number of fused-ring (bicyclic) bond motifs is 3. The van der Waals surface area contributed by atoms with Gasteiger partial charge in [0, 0.05) is 24.7 Å². The van der Waals surface area contributed by atoms with Gasteiger partial charge in [-0.05, 0) is 19.4 Å². The van der Waals surface area contributed by atoms with E-state index in [9.17, 15) is 4.79 Å². The summed E-state index contributed by atoms with van der Waals surface area (Å²) in [5, 5.41) is 13.2. The van der Waals surface area contributed by atoms with Gasteiger partial charge in [0.05, 0.1) is 29.1 Å². The van der Waals surface area contributed by atoms with E-state index in [1.165, 1.54) is 0 Å². The molecule has 0 bridgehead atoms. The Morgan fingerprint density at radius 1 is 1.52 bits per heavy atom. The molecule has 8 heteroatoms. The molecule has 1 aliphatic heterocycles. The number of aromatic nitrogens is 4. The van der Waals surface area contributed by atoms with E-state index in [2.05, 4.69) is 25.2 Å². The summed E-state index contributed by atoms with van der Waals surface area (Å²) < 4.78 is 0. The minimum Gasteiger partial charge on any atom is -0.355 e. The molecule has 0 radical (unpaired) electrons. The third-order valence-electron chi connectivity index (χ3n) is 4.55. The van der Waals surface area contributed by atoms with Crippen molar-refractivity contribution in [2.75, 3.05) is 24.5 Å². The molecule has 1 aliphatic rings. The molecule has 3 aromatic rings. The van der Waals surface area contributed by atoms with Gasteiger partial charge in [-0.25, -0.2) is 15.0 Å². The average Bonchev–Trinajstić information content (AvgIpc) is 3.27. The molecule has 0 saturated carbocycles. The molecule has 0 aliphatic carbocycles. The molecule has 1 unspecified atom stereocenters. The van der Waals surface area contributed by atoms with E-state index in [-0.39, 0.29) is 18.4 Å². The maximum atomic E-state index is 12.1. The van der Waals surface area contributed by atoms with Gasteiger partial charge in [0.25, 0.3) is 0 Å². The Hall–Kier alpha value is -3.21. The van der Waals surface area contributed by atoms with Crippen molar-refractivity contribution in [3.05, 3.63) is 24.3 Å². The number of amides is 1. The van der Waals surface area contributed by atoms with Crippen molar-refractivity contribution >= 4 is 33.7 Å². The Morgan fingerprint density at radius 2 is 2.40 bits per heavy atom. The van der Waals surface area contributed by atoms with Gasteiger partial charge in [0.15, 0.2) is 5.65 Å². The van der Waals surface area contributed by atoms with Crippen LogP contribution in [0.25, 0.3) is 21.9 Å². The Morgan fingerprint density at radius 3 is 3.24 bits per heavy atom. The lowest BCUT2D eigenvalue weighted by atomic mass is 10.1. The van der Waals surface area contributed by atoms with Crippen molar-refractivity contribution < 1.29 is 4.79 Å². The van der Waals surface area contributed by atoms with Crippen LogP contribution < -0.4 is 10.2 Å². The van der Waals surface area contributed by atoms with E-state index in [1.807, 2.05) is 19.1 Å². The van der Waals surface area contributed by atoms with Gasteiger partial charge in [0.1, 0.15) is 18.2 Å². The van der Waals surface area contributed by atoms with Gasteiger partial charge in [-0.1, -0.05) is 0 Å². The number of aryl methyl sites for hydroxylation is 1. The number of carbonyl (C=O) groups is 1. The standard InChI is InChI=1S/C17H17N7O/c1-10-22-13-8-21-15-12(2-5-19-15)14(13)16(23-10)24-7-3-11(9-24)17(25)20-6-4-18/h2,5,8,11H,3,6-7,9H2,1H3,(H,20,25)(H,22,23). The summed E-state index contributed by atoms with van der Waals surface area (Å²) in [7, 11) is 0. The monoisotopic (exact) mass is 335 g/mol. The van der Waals surface area contributed by atoms with Gasteiger partial charge >= 0.3 is 0 Å². The van der Waals surface area contributed by atoms with Crippen molar-refractivity contribution in [2.45, 2.75) is 13.3 Å². The molecule has 0 aromatic carbocycles. The minimum atomic E-state index is -0.134. The van der Waals surface area contributed by atoms with Gasteiger partial charge in [-0.2, -0.15) is 5.26 Å². The normalized spacial score (nSPS) is 17.1. The molecule has 8 nitrogen and oxygen atoms in total. The molecular weight excluding hydrogens is 318 g/mol. The molecule has 3 aromatic heterocycles. The zero-order valence-electron chi connectivity index (χ0n) is 13.8. The number of H-pyrrole nitrogens is 1. The maximum Gasteiger partial charge on any atom is 0.225 e. The average molecular weight is 335 g/mol. The number of hydrogen-bond acceptors (Lipinski definition) is 6. The summed E-state index contributed by atoms with van der Waals surface area (Å²) in [5.41, 5.74) is 1.59. The number of carbonyl (C=O) groups excluding carboxylic acids is 1. The Kier molecular flexibility index (Phi) is 3.69. The number of aromatic amines is 1. The fourth-order valence-corrected chi connectivity index (χ4v) is 3.40. The largest absolute Gasteiger partial charge is 0.355 e. The highest BCUT2D eigenvalue weighted by Crippen LogP contribution is 2.32. The molecule has 25 heavy (non-hydrogen) atoms. The van der Waals surface area contributed by atoms with Crippen LogP contribution in [0.4, 0.5) is 5.82 Å². The van der Waals surface area contributed by atoms with E-state index in [4.69, 9.17) is 10.2 Å². The first kappa shape index (κ1) is 15.3. The molecule has 1 saturated heterocycles. The number of pyridine rings is 1. The molecule has 1 amide bonds. The van der Waals surface area contributed by atoms with E-state index < -0.39 is 0 Å². The second kappa shape index (κ2) is 6.02. The topological polar surface area (TPSA) is 111 Å². The number of hydrogen-bond donors (Lipinski definition) is 2. The van der Waals surface area contributed by atoms with Crippen LogP contribution in [0, 0.1) is 24.2 Å². The molecule has 4 rings (SSSR count). The zero-order valence-corrected chi connectivity index (χ0v) is 13.8. The van der Waals surface area contributed by atoms with Crippen molar-refractivity contribution in [2.24, 2.45) is 5.92 Å². The Balaban J connectivity index is 1.73. The fraction of sp³-hybridized carbons (Fsp3) is 0.353. The molecular formula is C17H17N7O.